The summed E-state index contributed by atoms with van der Waals surface area (Å²) in [5.41, 5.74) is 13.2. The zero-order valence-electron chi connectivity index (χ0n) is 19.8. The number of benzene rings is 2. The van der Waals surface area contributed by atoms with Gasteiger partial charge in [-0.15, -0.1) is 0 Å². The summed E-state index contributed by atoms with van der Waals surface area (Å²) >= 11 is 0. The van der Waals surface area contributed by atoms with Crippen LogP contribution in [0, 0.1) is 6.92 Å². The lowest BCUT2D eigenvalue weighted by atomic mass is 9.81. The summed E-state index contributed by atoms with van der Waals surface area (Å²) < 4.78 is 2.33. The van der Waals surface area contributed by atoms with Crippen LogP contribution in [-0.4, -0.2) is 26.1 Å². The van der Waals surface area contributed by atoms with E-state index in [-0.39, 0.29) is 5.54 Å². The number of hydrogen-bond donors (Lipinski definition) is 2. The predicted octanol–water partition coefficient (Wildman–Crippen LogP) is 6.03. The number of nitrogens with zero attached hydrogens (tertiary/aromatic N) is 3. The molecule has 2 aromatic heterocycles. The van der Waals surface area contributed by atoms with Gasteiger partial charge in [0.2, 0.25) is 5.95 Å². The largest absolute Gasteiger partial charge is 0.351 e. The average molecular weight is 440 g/mol. The van der Waals surface area contributed by atoms with Crippen molar-refractivity contribution >= 4 is 16.9 Å². The Morgan fingerprint density at radius 1 is 1.12 bits per heavy atom. The van der Waals surface area contributed by atoms with Crippen molar-refractivity contribution in [1.82, 2.24) is 14.5 Å². The van der Waals surface area contributed by atoms with Crippen LogP contribution in [0.3, 0.4) is 0 Å². The highest BCUT2D eigenvalue weighted by molar-refractivity contribution is 5.99. The van der Waals surface area contributed by atoms with E-state index in [9.17, 15) is 0 Å². The minimum absolute atomic E-state index is 0.123. The Hall–Kier alpha value is -3.18. The highest BCUT2D eigenvalue weighted by Gasteiger charge is 2.29. The van der Waals surface area contributed by atoms with Crippen LogP contribution in [0.2, 0.25) is 0 Å². The maximum absolute atomic E-state index is 6.44. The third-order valence-corrected chi connectivity index (χ3v) is 6.95. The van der Waals surface area contributed by atoms with Crippen molar-refractivity contribution in [2.24, 2.45) is 5.73 Å². The fourth-order valence-electron chi connectivity index (χ4n) is 5.35. The number of fused-ring (bicyclic) bond motifs is 1. The molecule has 5 nitrogen and oxygen atoms in total. The Labute approximate surface area is 196 Å². The van der Waals surface area contributed by atoms with Crippen molar-refractivity contribution in [3.05, 3.63) is 72.1 Å². The van der Waals surface area contributed by atoms with Crippen molar-refractivity contribution in [2.45, 2.75) is 64.5 Å². The number of para-hydroxylation sites is 2. The molecule has 3 N–H and O–H groups in total. The number of rotatable bonds is 5. The van der Waals surface area contributed by atoms with Crippen molar-refractivity contribution in [3.63, 3.8) is 0 Å². The maximum atomic E-state index is 6.44. The summed E-state index contributed by atoms with van der Waals surface area (Å²) in [6.45, 7) is 6.51. The monoisotopic (exact) mass is 439 g/mol. The van der Waals surface area contributed by atoms with Gasteiger partial charge in [-0.2, -0.15) is 0 Å². The second kappa shape index (κ2) is 8.64. The van der Waals surface area contributed by atoms with Crippen molar-refractivity contribution in [1.29, 1.82) is 0 Å². The van der Waals surface area contributed by atoms with E-state index in [4.69, 9.17) is 10.7 Å². The van der Waals surface area contributed by atoms with E-state index in [0.29, 0.717) is 12.0 Å². The SMILES string of the molecule is CCc1cnc(N[C@@H]2CCC[C@](C)(N)C2)nc1-c1c(C)n(-c2ccccc2)c2ccccc12. The molecule has 0 spiro atoms. The van der Waals surface area contributed by atoms with Gasteiger partial charge in [0.05, 0.1) is 11.2 Å². The van der Waals surface area contributed by atoms with E-state index in [1.807, 2.05) is 6.20 Å². The summed E-state index contributed by atoms with van der Waals surface area (Å²) in [4.78, 5) is 9.78. The molecule has 5 heteroatoms. The molecule has 0 aliphatic heterocycles. The number of aryl methyl sites for hydroxylation is 1. The normalized spacial score (nSPS) is 20.8. The van der Waals surface area contributed by atoms with Gasteiger partial charge in [0.1, 0.15) is 0 Å². The van der Waals surface area contributed by atoms with Crippen LogP contribution in [0.15, 0.2) is 60.8 Å². The van der Waals surface area contributed by atoms with Crippen LogP contribution in [0.1, 0.15) is 50.8 Å². The van der Waals surface area contributed by atoms with Gasteiger partial charge in [0.25, 0.3) is 0 Å². The first-order valence-electron chi connectivity index (χ1n) is 12.0. The molecular formula is C28H33N5. The lowest BCUT2D eigenvalue weighted by Crippen LogP contribution is -2.45. The second-order valence-electron chi connectivity index (χ2n) is 9.66. The van der Waals surface area contributed by atoms with E-state index in [0.717, 1.165) is 49.0 Å². The van der Waals surface area contributed by atoms with E-state index >= 15 is 0 Å². The molecule has 4 aromatic rings. The molecule has 1 saturated carbocycles. The first-order valence-corrected chi connectivity index (χ1v) is 12.0. The molecule has 0 bridgehead atoms. The van der Waals surface area contributed by atoms with Crippen LogP contribution in [0.4, 0.5) is 5.95 Å². The Morgan fingerprint density at radius 3 is 2.64 bits per heavy atom. The summed E-state index contributed by atoms with van der Waals surface area (Å²) in [5, 5.41) is 4.81. The van der Waals surface area contributed by atoms with Gasteiger partial charge in [-0.3, -0.25) is 0 Å². The van der Waals surface area contributed by atoms with Crippen molar-refractivity contribution < 1.29 is 0 Å². The number of nitrogens with one attached hydrogen (secondary N) is 1. The van der Waals surface area contributed by atoms with Gasteiger partial charge in [0.15, 0.2) is 0 Å². The quantitative estimate of drug-likeness (QED) is 0.398. The molecule has 0 radical (unpaired) electrons. The fraction of sp³-hybridized carbons (Fsp3) is 0.357. The molecule has 0 saturated heterocycles. The molecule has 5 rings (SSSR count). The molecule has 1 fully saturated rings. The predicted molar refractivity (Wildman–Crippen MR) is 137 cm³/mol. The standard InChI is InChI=1S/C28H33N5/c1-4-20-18-30-27(31-21-11-10-16-28(3,29)17-21)32-26(20)25-19(2)33(22-12-6-5-7-13-22)24-15-9-8-14-23(24)25/h5-9,12-15,18,21H,4,10-11,16-17,29H2,1-3H3,(H,30,31,32)/t21-,28+/m1/s1. The second-order valence-corrected chi connectivity index (χ2v) is 9.66. The molecule has 2 heterocycles. The van der Waals surface area contributed by atoms with E-state index in [1.165, 1.54) is 22.2 Å². The molecule has 33 heavy (non-hydrogen) atoms. The van der Waals surface area contributed by atoms with E-state index in [1.54, 1.807) is 0 Å². The molecule has 0 amide bonds. The minimum Gasteiger partial charge on any atom is -0.351 e. The molecule has 0 unspecified atom stereocenters. The average Bonchev–Trinajstić information content (AvgIpc) is 3.10. The number of anilines is 1. The first kappa shape index (κ1) is 21.7. The Bertz CT molecular complexity index is 1270. The summed E-state index contributed by atoms with van der Waals surface area (Å²) in [7, 11) is 0. The lowest BCUT2D eigenvalue weighted by molar-refractivity contribution is 0.302. The summed E-state index contributed by atoms with van der Waals surface area (Å²) in [5.74, 6) is 0.695. The Morgan fingerprint density at radius 2 is 1.88 bits per heavy atom. The van der Waals surface area contributed by atoms with Crippen LogP contribution in [0.5, 0.6) is 0 Å². The van der Waals surface area contributed by atoms with Crippen molar-refractivity contribution in [2.75, 3.05) is 5.32 Å². The van der Waals surface area contributed by atoms with Crippen LogP contribution in [0.25, 0.3) is 27.8 Å². The van der Waals surface area contributed by atoms with Gasteiger partial charge in [-0.1, -0.05) is 43.3 Å². The summed E-state index contributed by atoms with van der Waals surface area (Å²) in [6.07, 6.45) is 7.12. The Kier molecular flexibility index (Phi) is 5.67. The van der Waals surface area contributed by atoms with Crippen molar-refractivity contribution in [3.8, 4) is 16.9 Å². The van der Waals surface area contributed by atoms with Crippen LogP contribution < -0.4 is 11.1 Å². The van der Waals surface area contributed by atoms with Gasteiger partial charge in [0, 0.05) is 40.1 Å². The molecule has 2 atom stereocenters. The molecule has 2 aromatic carbocycles. The van der Waals surface area contributed by atoms with Crippen LogP contribution >= 0.6 is 0 Å². The van der Waals surface area contributed by atoms with Gasteiger partial charge in [-0.25, -0.2) is 9.97 Å². The highest BCUT2D eigenvalue weighted by atomic mass is 15.1. The van der Waals surface area contributed by atoms with Gasteiger partial charge < -0.3 is 15.6 Å². The van der Waals surface area contributed by atoms with E-state index < -0.39 is 0 Å². The summed E-state index contributed by atoms with van der Waals surface area (Å²) in [6, 6.07) is 19.4. The first-order chi connectivity index (χ1) is 16.0. The molecular weight excluding hydrogens is 406 g/mol. The zero-order chi connectivity index (χ0) is 23.0. The third kappa shape index (κ3) is 4.13. The van der Waals surface area contributed by atoms with Gasteiger partial charge in [-0.05, 0) is 69.7 Å². The Balaban J connectivity index is 1.63. The third-order valence-electron chi connectivity index (χ3n) is 6.95. The van der Waals surface area contributed by atoms with E-state index in [2.05, 4.69) is 90.2 Å². The maximum Gasteiger partial charge on any atom is 0.223 e. The number of hydrogen-bond acceptors (Lipinski definition) is 4. The molecule has 1 aliphatic carbocycles. The highest BCUT2D eigenvalue weighted by Crippen LogP contribution is 2.38. The minimum atomic E-state index is -0.123. The fourth-order valence-corrected chi connectivity index (χ4v) is 5.35. The number of nitrogens with two attached hydrogens (primary N) is 1. The van der Waals surface area contributed by atoms with Gasteiger partial charge >= 0.3 is 0 Å². The smallest absolute Gasteiger partial charge is 0.223 e. The zero-order valence-corrected chi connectivity index (χ0v) is 19.8. The lowest BCUT2D eigenvalue weighted by Gasteiger charge is -2.35. The number of aromatic nitrogens is 3. The topological polar surface area (TPSA) is 68.8 Å². The molecule has 170 valence electrons. The molecule has 1 aliphatic rings. The van der Waals surface area contributed by atoms with Crippen LogP contribution in [-0.2, 0) is 6.42 Å².